The van der Waals surface area contributed by atoms with E-state index in [1.54, 1.807) is 0 Å². The van der Waals surface area contributed by atoms with Gasteiger partial charge in [-0.1, -0.05) is 12.8 Å². The van der Waals surface area contributed by atoms with Crippen LogP contribution in [0.4, 0.5) is 0 Å². The second-order valence-electron chi connectivity index (χ2n) is 6.22. The van der Waals surface area contributed by atoms with Crippen molar-refractivity contribution in [3.05, 3.63) is 0 Å². The highest BCUT2D eigenvalue weighted by atomic mass is 16.1. The number of likely N-dealkylation sites (tertiary alicyclic amines) is 1. The summed E-state index contributed by atoms with van der Waals surface area (Å²) in [6, 6.07) is 0. The summed E-state index contributed by atoms with van der Waals surface area (Å²) in [6.45, 7) is 2.89. The molecular formula is C15H28N4O. The zero-order valence-electron chi connectivity index (χ0n) is 12.4. The lowest BCUT2D eigenvalue weighted by atomic mass is 9.82. The molecule has 4 N–H and O–H groups in total. The summed E-state index contributed by atoms with van der Waals surface area (Å²) in [7, 11) is 0. The van der Waals surface area contributed by atoms with Gasteiger partial charge in [0, 0.05) is 25.6 Å². The minimum atomic E-state index is -0.143. The Hall–Kier alpha value is -1.26. The van der Waals surface area contributed by atoms with Crippen LogP contribution in [0.1, 0.15) is 51.4 Å². The lowest BCUT2D eigenvalue weighted by molar-refractivity contribution is -0.122. The van der Waals surface area contributed by atoms with Gasteiger partial charge in [0.05, 0.1) is 0 Å². The molecule has 0 aromatic carbocycles. The summed E-state index contributed by atoms with van der Waals surface area (Å²) in [6.07, 6.45) is 8.98. The van der Waals surface area contributed by atoms with Gasteiger partial charge >= 0.3 is 0 Å². The van der Waals surface area contributed by atoms with Crippen molar-refractivity contribution in [3.63, 3.8) is 0 Å². The van der Waals surface area contributed by atoms with Gasteiger partial charge in [-0.15, -0.1) is 0 Å². The fraction of sp³-hybridized carbons (Fsp3) is 0.867. The van der Waals surface area contributed by atoms with Crippen LogP contribution in [0.25, 0.3) is 0 Å². The maximum Gasteiger partial charge on any atom is 0.220 e. The third-order valence-electron chi connectivity index (χ3n) is 4.69. The van der Waals surface area contributed by atoms with E-state index in [0.717, 1.165) is 45.3 Å². The first kappa shape index (κ1) is 15.1. The number of carbonyl (C=O) groups excluding carboxylic acids is 1. The van der Waals surface area contributed by atoms with E-state index in [9.17, 15) is 4.79 Å². The number of guanidine groups is 1. The molecule has 0 radical (unpaired) electrons. The highest BCUT2D eigenvalue weighted by Gasteiger charge is 2.24. The lowest BCUT2D eigenvalue weighted by Crippen LogP contribution is -2.38. The highest BCUT2D eigenvalue weighted by molar-refractivity contribution is 5.78. The molecule has 1 amide bonds. The topological polar surface area (TPSA) is 84.7 Å². The van der Waals surface area contributed by atoms with E-state index >= 15 is 0 Å². The van der Waals surface area contributed by atoms with E-state index in [1.165, 1.54) is 25.7 Å². The molecule has 20 heavy (non-hydrogen) atoms. The molecule has 1 aliphatic heterocycles. The largest absolute Gasteiger partial charge is 0.370 e. The van der Waals surface area contributed by atoms with Gasteiger partial charge in [0.25, 0.3) is 0 Å². The Morgan fingerprint density at radius 2 is 1.60 bits per heavy atom. The van der Waals surface area contributed by atoms with Crippen molar-refractivity contribution in [2.24, 2.45) is 28.3 Å². The average Bonchev–Trinajstić information content (AvgIpc) is 2.74. The van der Waals surface area contributed by atoms with Crippen LogP contribution in [-0.4, -0.2) is 36.4 Å². The van der Waals surface area contributed by atoms with Crippen LogP contribution in [-0.2, 0) is 4.79 Å². The molecule has 0 unspecified atom stereocenters. The SMILES string of the molecule is NC(=O)C1CCC(CN=C(N)N2CCCCCC2)CC1. The molecule has 0 atom stereocenters. The molecule has 1 saturated carbocycles. The van der Waals surface area contributed by atoms with Crippen LogP contribution in [0, 0.1) is 11.8 Å². The van der Waals surface area contributed by atoms with Crippen LogP contribution in [0.3, 0.4) is 0 Å². The molecule has 114 valence electrons. The summed E-state index contributed by atoms with van der Waals surface area (Å²) in [5.74, 6) is 1.22. The summed E-state index contributed by atoms with van der Waals surface area (Å²) in [5, 5.41) is 0. The number of hydrogen-bond donors (Lipinski definition) is 2. The van der Waals surface area contributed by atoms with Gasteiger partial charge in [-0.25, -0.2) is 0 Å². The summed E-state index contributed by atoms with van der Waals surface area (Å²) in [4.78, 5) is 17.9. The quantitative estimate of drug-likeness (QED) is 0.606. The normalized spacial score (nSPS) is 29.0. The molecule has 5 nitrogen and oxygen atoms in total. The minimum Gasteiger partial charge on any atom is -0.370 e. The van der Waals surface area contributed by atoms with Gasteiger partial charge in [-0.05, 0) is 44.4 Å². The molecule has 0 bridgehead atoms. The van der Waals surface area contributed by atoms with Crippen LogP contribution < -0.4 is 11.5 Å². The summed E-state index contributed by atoms with van der Waals surface area (Å²) >= 11 is 0. The van der Waals surface area contributed by atoms with Gasteiger partial charge in [0.15, 0.2) is 5.96 Å². The van der Waals surface area contributed by atoms with Gasteiger partial charge < -0.3 is 16.4 Å². The lowest BCUT2D eigenvalue weighted by Gasteiger charge is -2.26. The van der Waals surface area contributed by atoms with Gasteiger partial charge in [-0.3, -0.25) is 9.79 Å². The van der Waals surface area contributed by atoms with Gasteiger partial charge in [0.2, 0.25) is 5.91 Å². The zero-order valence-corrected chi connectivity index (χ0v) is 12.4. The predicted octanol–water partition coefficient (Wildman–Crippen LogP) is 1.47. The molecule has 2 aliphatic rings. The monoisotopic (exact) mass is 280 g/mol. The molecule has 5 heteroatoms. The first-order valence-electron chi connectivity index (χ1n) is 8.01. The first-order valence-corrected chi connectivity index (χ1v) is 8.01. The molecule has 1 heterocycles. The van der Waals surface area contributed by atoms with Crippen LogP contribution >= 0.6 is 0 Å². The fourth-order valence-corrected chi connectivity index (χ4v) is 3.25. The number of aliphatic imine (C=N–C) groups is 1. The van der Waals surface area contributed by atoms with Crippen molar-refractivity contribution in [3.8, 4) is 0 Å². The van der Waals surface area contributed by atoms with Crippen molar-refractivity contribution >= 4 is 11.9 Å². The van der Waals surface area contributed by atoms with E-state index in [4.69, 9.17) is 11.5 Å². The van der Waals surface area contributed by atoms with Crippen LogP contribution in [0.5, 0.6) is 0 Å². The van der Waals surface area contributed by atoms with E-state index < -0.39 is 0 Å². The Labute approximate surface area is 121 Å². The Morgan fingerprint density at radius 1 is 1.00 bits per heavy atom. The number of nitrogens with zero attached hydrogens (tertiary/aromatic N) is 2. The number of primary amides is 1. The summed E-state index contributed by atoms with van der Waals surface area (Å²) in [5.41, 5.74) is 11.5. The standard InChI is InChI=1S/C15H28N4O/c16-14(20)13-7-5-12(6-8-13)11-18-15(17)19-9-3-1-2-4-10-19/h12-13H,1-11H2,(H2,16,20)(H2,17,18). The second kappa shape index (κ2) is 7.50. The fourth-order valence-electron chi connectivity index (χ4n) is 3.25. The Bertz CT molecular complexity index is 340. The molecule has 0 aromatic heterocycles. The molecular weight excluding hydrogens is 252 g/mol. The van der Waals surface area contributed by atoms with E-state index in [0.29, 0.717) is 11.9 Å². The number of hydrogen-bond acceptors (Lipinski definition) is 2. The van der Waals surface area contributed by atoms with Crippen molar-refractivity contribution in [1.29, 1.82) is 0 Å². The minimum absolute atomic E-state index is 0.0817. The van der Waals surface area contributed by atoms with Crippen molar-refractivity contribution in [2.45, 2.75) is 51.4 Å². The third kappa shape index (κ3) is 4.39. The zero-order chi connectivity index (χ0) is 14.4. The maximum atomic E-state index is 11.1. The first-order chi connectivity index (χ1) is 9.66. The van der Waals surface area contributed by atoms with Gasteiger partial charge in [0.1, 0.15) is 0 Å². The second-order valence-corrected chi connectivity index (χ2v) is 6.22. The molecule has 2 rings (SSSR count). The predicted molar refractivity (Wildman–Crippen MR) is 81.2 cm³/mol. The summed E-state index contributed by atoms with van der Waals surface area (Å²) < 4.78 is 0. The maximum absolute atomic E-state index is 11.1. The van der Waals surface area contributed by atoms with Gasteiger partial charge in [-0.2, -0.15) is 0 Å². The molecule has 2 fully saturated rings. The van der Waals surface area contributed by atoms with Crippen molar-refractivity contribution in [2.75, 3.05) is 19.6 Å². The number of carbonyl (C=O) groups is 1. The Morgan fingerprint density at radius 3 is 2.15 bits per heavy atom. The van der Waals surface area contributed by atoms with E-state index in [2.05, 4.69) is 9.89 Å². The smallest absolute Gasteiger partial charge is 0.220 e. The number of amides is 1. The molecule has 0 spiro atoms. The van der Waals surface area contributed by atoms with E-state index in [1.807, 2.05) is 0 Å². The van der Waals surface area contributed by atoms with Crippen LogP contribution in [0.2, 0.25) is 0 Å². The van der Waals surface area contributed by atoms with Crippen molar-refractivity contribution < 1.29 is 4.79 Å². The van der Waals surface area contributed by atoms with E-state index in [-0.39, 0.29) is 11.8 Å². The van der Waals surface area contributed by atoms with Crippen LogP contribution in [0.15, 0.2) is 4.99 Å². The highest BCUT2D eigenvalue weighted by Crippen LogP contribution is 2.28. The molecule has 1 saturated heterocycles. The molecule has 0 aromatic rings. The Balaban J connectivity index is 1.76. The number of nitrogens with two attached hydrogens (primary N) is 2. The number of rotatable bonds is 3. The third-order valence-corrected chi connectivity index (χ3v) is 4.69. The Kier molecular flexibility index (Phi) is 5.68. The van der Waals surface area contributed by atoms with Crippen molar-refractivity contribution in [1.82, 2.24) is 4.90 Å². The molecule has 1 aliphatic carbocycles. The average molecular weight is 280 g/mol.